The van der Waals surface area contributed by atoms with Crippen molar-refractivity contribution in [2.75, 3.05) is 11.6 Å². The zero-order chi connectivity index (χ0) is 15.1. The van der Waals surface area contributed by atoms with E-state index in [0.717, 1.165) is 5.76 Å². The van der Waals surface area contributed by atoms with Gasteiger partial charge in [-0.05, 0) is 32.2 Å². The third-order valence-electron chi connectivity index (χ3n) is 3.31. The molecule has 110 valence electrons. The summed E-state index contributed by atoms with van der Waals surface area (Å²) in [7, 11) is 0. The Balaban J connectivity index is 2.20. The molecule has 1 aliphatic heterocycles. The highest BCUT2D eigenvalue weighted by Crippen LogP contribution is 2.36. The zero-order valence-electron chi connectivity index (χ0n) is 11.9. The van der Waals surface area contributed by atoms with Gasteiger partial charge in [-0.25, -0.2) is 4.68 Å². The van der Waals surface area contributed by atoms with Gasteiger partial charge in [0.15, 0.2) is 0 Å². The first-order chi connectivity index (χ1) is 10.0. The minimum absolute atomic E-state index is 0.425. The van der Waals surface area contributed by atoms with Gasteiger partial charge in [0.2, 0.25) is 17.0 Å². The number of nitrogens with two attached hydrogens (primary N) is 1. The van der Waals surface area contributed by atoms with E-state index in [1.165, 1.54) is 11.8 Å². The standard InChI is InChI=1S/C13H15N5O2S/c1-6-4-5-8(20-6)10-9(11(14)19)7(2)15-12-16-13(21-3)17-18(10)12/h4-5,10H,1-3H3,(H2,14,19)(H,15,16,17)/t10-/m1/s1. The Morgan fingerprint density at radius 3 is 2.81 bits per heavy atom. The van der Waals surface area contributed by atoms with Gasteiger partial charge in [0.05, 0.1) is 5.57 Å². The Bertz CT molecular complexity index is 746. The minimum atomic E-state index is -0.508. The molecule has 0 bridgehead atoms. The molecule has 0 aliphatic carbocycles. The van der Waals surface area contributed by atoms with Crippen LogP contribution in [0.3, 0.4) is 0 Å². The molecule has 3 heterocycles. The first kappa shape index (κ1) is 13.7. The van der Waals surface area contributed by atoms with Crippen LogP contribution in [0.1, 0.15) is 24.5 Å². The fourth-order valence-electron chi connectivity index (χ4n) is 2.40. The van der Waals surface area contributed by atoms with Crippen LogP contribution in [-0.2, 0) is 4.79 Å². The van der Waals surface area contributed by atoms with Crippen molar-refractivity contribution in [2.45, 2.75) is 25.0 Å². The topological polar surface area (TPSA) is 99.0 Å². The minimum Gasteiger partial charge on any atom is -0.464 e. The smallest absolute Gasteiger partial charge is 0.249 e. The van der Waals surface area contributed by atoms with Crippen LogP contribution in [0.4, 0.5) is 5.95 Å². The van der Waals surface area contributed by atoms with Crippen molar-refractivity contribution < 1.29 is 9.21 Å². The van der Waals surface area contributed by atoms with Crippen LogP contribution in [0.5, 0.6) is 0 Å². The fourth-order valence-corrected chi connectivity index (χ4v) is 2.75. The maximum absolute atomic E-state index is 11.9. The van der Waals surface area contributed by atoms with Crippen molar-refractivity contribution in [3.63, 3.8) is 0 Å². The summed E-state index contributed by atoms with van der Waals surface area (Å²) >= 11 is 1.43. The van der Waals surface area contributed by atoms with Gasteiger partial charge in [0, 0.05) is 5.70 Å². The summed E-state index contributed by atoms with van der Waals surface area (Å²) in [5.41, 5.74) is 6.63. The summed E-state index contributed by atoms with van der Waals surface area (Å²) in [6.07, 6.45) is 1.89. The normalized spacial score (nSPS) is 17.6. The summed E-state index contributed by atoms with van der Waals surface area (Å²) < 4.78 is 7.32. The van der Waals surface area contributed by atoms with Crippen molar-refractivity contribution in [3.8, 4) is 0 Å². The first-order valence-electron chi connectivity index (χ1n) is 6.35. The molecule has 3 rings (SSSR count). The lowest BCUT2D eigenvalue weighted by Crippen LogP contribution is -2.31. The molecule has 1 amide bonds. The molecule has 0 unspecified atom stereocenters. The van der Waals surface area contributed by atoms with Gasteiger partial charge in [0.25, 0.3) is 0 Å². The largest absolute Gasteiger partial charge is 0.464 e. The second-order valence-electron chi connectivity index (χ2n) is 4.75. The molecule has 8 heteroatoms. The number of carbonyl (C=O) groups is 1. The van der Waals surface area contributed by atoms with E-state index in [1.807, 2.05) is 25.3 Å². The van der Waals surface area contributed by atoms with E-state index in [0.29, 0.717) is 28.1 Å². The maximum Gasteiger partial charge on any atom is 0.249 e. The van der Waals surface area contributed by atoms with E-state index in [-0.39, 0.29) is 0 Å². The number of aryl methyl sites for hydroxylation is 1. The summed E-state index contributed by atoms with van der Waals surface area (Å²) in [6.45, 7) is 3.64. The van der Waals surface area contributed by atoms with Crippen LogP contribution in [0.2, 0.25) is 0 Å². The third-order valence-corrected chi connectivity index (χ3v) is 3.85. The zero-order valence-corrected chi connectivity index (χ0v) is 12.7. The van der Waals surface area contributed by atoms with E-state index in [1.54, 1.807) is 11.6 Å². The first-order valence-corrected chi connectivity index (χ1v) is 7.58. The number of anilines is 1. The Labute approximate surface area is 125 Å². The molecule has 3 N–H and O–H groups in total. The molecule has 0 aromatic carbocycles. The van der Waals surface area contributed by atoms with Crippen molar-refractivity contribution in [1.82, 2.24) is 14.8 Å². The number of nitrogens with one attached hydrogen (secondary N) is 1. The molecule has 0 fully saturated rings. The second kappa shape index (κ2) is 4.96. The number of amides is 1. The van der Waals surface area contributed by atoms with Gasteiger partial charge in [-0.15, -0.1) is 5.10 Å². The third kappa shape index (κ3) is 2.21. The Morgan fingerprint density at radius 1 is 1.48 bits per heavy atom. The van der Waals surface area contributed by atoms with Gasteiger partial charge in [-0.3, -0.25) is 4.79 Å². The summed E-state index contributed by atoms with van der Waals surface area (Å²) in [5.74, 6) is 1.43. The number of hydrogen-bond donors (Lipinski definition) is 2. The molecule has 0 spiro atoms. The average molecular weight is 305 g/mol. The lowest BCUT2D eigenvalue weighted by molar-refractivity contribution is -0.115. The number of aromatic nitrogens is 3. The molecular weight excluding hydrogens is 290 g/mol. The summed E-state index contributed by atoms with van der Waals surface area (Å²) in [5, 5.41) is 8.09. The molecule has 7 nitrogen and oxygen atoms in total. The SMILES string of the molecule is CSc1nc2n(n1)[C@H](c1ccc(C)o1)C(C(N)=O)=C(C)N2. The van der Waals surface area contributed by atoms with Gasteiger partial charge in [0.1, 0.15) is 17.6 Å². The van der Waals surface area contributed by atoms with Gasteiger partial charge >= 0.3 is 0 Å². The highest BCUT2D eigenvalue weighted by molar-refractivity contribution is 7.98. The predicted octanol–water partition coefficient (Wildman–Crippen LogP) is 1.68. The van der Waals surface area contributed by atoms with E-state index in [9.17, 15) is 4.79 Å². The lowest BCUT2D eigenvalue weighted by atomic mass is 10.0. The molecule has 0 saturated carbocycles. The molecular formula is C13H15N5O2S. The van der Waals surface area contributed by atoms with Gasteiger partial charge < -0.3 is 15.5 Å². The number of hydrogen-bond acceptors (Lipinski definition) is 6. The number of thioether (sulfide) groups is 1. The quantitative estimate of drug-likeness (QED) is 0.837. The monoisotopic (exact) mass is 305 g/mol. The molecule has 2 aromatic heterocycles. The Morgan fingerprint density at radius 2 is 2.24 bits per heavy atom. The van der Waals surface area contributed by atoms with E-state index in [2.05, 4.69) is 15.4 Å². The van der Waals surface area contributed by atoms with Crippen molar-refractivity contribution in [1.29, 1.82) is 0 Å². The summed E-state index contributed by atoms with van der Waals surface area (Å²) in [6, 6.07) is 3.17. The van der Waals surface area contributed by atoms with Crippen LogP contribution in [0.15, 0.2) is 33.0 Å². The van der Waals surface area contributed by atoms with Crippen LogP contribution in [-0.4, -0.2) is 26.9 Å². The Kier molecular flexibility index (Phi) is 3.25. The van der Waals surface area contributed by atoms with Crippen molar-refractivity contribution >= 4 is 23.6 Å². The highest BCUT2D eigenvalue weighted by Gasteiger charge is 2.35. The van der Waals surface area contributed by atoms with Crippen LogP contribution in [0.25, 0.3) is 0 Å². The van der Waals surface area contributed by atoms with E-state index in [4.69, 9.17) is 10.2 Å². The number of nitrogens with zero attached hydrogens (tertiary/aromatic N) is 3. The van der Waals surface area contributed by atoms with Gasteiger partial charge in [-0.1, -0.05) is 11.8 Å². The molecule has 21 heavy (non-hydrogen) atoms. The molecule has 1 atom stereocenters. The number of allylic oxidation sites excluding steroid dienone is 1. The second-order valence-corrected chi connectivity index (χ2v) is 5.52. The molecule has 0 saturated heterocycles. The lowest BCUT2D eigenvalue weighted by Gasteiger charge is -2.25. The number of carbonyl (C=O) groups excluding carboxylic acids is 1. The van der Waals surface area contributed by atoms with Crippen molar-refractivity contribution in [3.05, 3.63) is 34.9 Å². The van der Waals surface area contributed by atoms with E-state index < -0.39 is 11.9 Å². The van der Waals surface area contributed by atoms with Gasteiger partial charge in [-0.2, -0.15) is 4.98 Å². The predicted molar refractivity (Wildman–Crippen MR) is 78.9 cm³/mol. The van der Waals surface area contributed by atoms with Crippen LogP contribution in [0, 0.1) is 6.92 Å². The van der Waals surface area contributed by atoms with E-state index >= 15 is 0 Å². The molecule has 2 aromatic rings. The van der Waals surface area contributed by atoms with Crippen molar-refractivity contribution in [2.24, 2.45) is 5.73 Å². The fraction of sp³-hybridized carbons (Fsp3) is 0.308. The highest BCUT2D eigenvalue weighted by atomic mass is 32.2. The average Bonchev–Trinajstić information content (AvgIpc) is 3.02. The van der Waals surface area contributed by atoms with Crippen LogP contribution >= 0.6 is 11.8 Å². The van der Waals surface area contributed by atoms with Crippen LogP contribution < -0.4 is 11.1 Å². The number of rotatable bonds is 3. The number of furan rings is 1. The Hall–Kier alpha value is -2.22. The molecule has 0 radical (unpaired) electrons. The molecule has 1 aliphatic rings. The number of primary amides is 1. The number of fused-ring (bicyclic) bond motifs is 1. The maximum atomic E-state index is 11.9. The summed E-state index contributed by atoms with van der Waals surface area (Å²) in [4.78, 5) is 16.2.